The van der Waals surface area contributed by atoms with E-state index in [9.17, 15) is 4.79 Å². The van der Waals surface area contributed by atoms with Crippen LogP contribution in [-0.4, -0.2) is 23.6 Å². The largest absolute Gasteiger partial charge is 0.483 e. The second-order valence-corrected chi connectivity index (χ2v) is 10.3. The normalized spacial score (nSPS) is 12.8. The molecule has 0 fully saturated rings. The van der Waals surface area contributed by atoms with E-state index in [1.165, 1.54) is 0 Å². The summed E-state index contributed by atoms with van der Waals surface area (Å²) in [6.07, 6.45) is 1.03. The van der Waals surface area contributed by atoms with E-state index < -0.39 is 0 Å². The van der Waals surface area contributed by atoms with Crippen molar-refractivity contribution in [2.75, 3.05) is 6.61 Å². The maximum Gasteiger partial charge on any atom is 0.258 e. The quantitative estimate of drug-likeness (QED) is 0.702. The summed E-state index contributed by atoms with van der Waals surface area (Å²) >= 11 is 6.16. The Hall–Kier alpha value is -1.26. The zero-order valence-corrected chi connectivity index (χ0v) is 18.3. The van der Waals surface area contributed by atoms with Crippen molar-refractivity contribution in [1.82, 2.24) is 10.6 Å². The van der Waals surface area contributed by atoms with E-state index in [0.29, 0.717) is 17.3 Å². The molecule has 0 aromatic heterocycles. The van der Waals surface area contributed by atoms with Gasteiger partial charge in [0.05, 0.1) is 0 Å². The number of hydrogen-bond acceptors (Lipinski definition) is 3. The fourth-order valence-electron chi connectivity index (χ4n) is 3.15. The third-order valence-corrected chi connectivity index (χ3v) is 3.86. The molecule has 0 saturated carbocycles. The Morgan fingerprint density at radius 1 is 1.08 bits per heavy atom. The Bertz CT molecular complexity index is 613. The van der Waals surface area contributed by atoms with Gasteiger partial charge in [0.15, 0.2) is 6.61 Å². The SMILES string of the molecule is CC(C)(C)CC(C)(C)NCc1cc(Cl)ccc1OCC(=O)NC(C)(C)C. The van der Waals surface area contributed by atoms with Crippen molar-refractivity contribution >= 4 is 17.5 Å². The van der Waals surface area contributed by atoms with Gasteiger partial charge in [-0.1, -0.05) is 32.4 Å². The molecule has 0 atom stereocenters. The molecule has 0 heterocycles. The number of amides is 1. The first-order chi connectivity index (χ1) is 11.7. The van der Waals surface area contributed by atoms with Crippen LogP contribution in [0, 0.1) is 5.41 Å². The number of ether oxygens (including phenoxy) is 1. The van der Waals surface area contributed by atoms with E-state index in [4.69, 9.17) is 16.3 Å². The molecule has 26 heavy (non-hydrogen) atoms. The van der Waals surface area contributed by atoms with E-state index in [-0.39, 0.29) is 29.0 Å². The molecule has 2 N–H and O–H groups in total. The van der Waals surface area contributed by atoms with E-state index >= 15 is 0 Å². The molecule has 148 valence electrons. The lowest BCUT2D eigenvalue weighted by atomic mass is 9.82. The highest BCUT2D eigenvalue weighted by molar-refractivity contribution is 6.30. The average molecular weight is 383 g/mol. The summed E-state index contributed by atoms with van der Waals surface area (Å²) in [6.45, 7) is 17.5. The lowest BCUT2D eigenvalue weighted by molar-refractivity contribution is -0.124. The third kappa shape index (κ3) is 9.44. The molecule has 0 aliphatic heterocycles. The highest BCUT2D eigenvalue weighted by Crippen LogP contribution is 2.28. The van der Waals surface area contributed by atoms with Crippen LogP contribution in [0.4, 0.5) is 0 Å². The number of nitrogens with one attached hydrogen (secondary N) is 2. The highest BCUT2D eigenvalue weighted by atomic mass is 35.5. The maximum atomic E-state index is 12.0. The molecule has 0 radical (unpaired) electrons. The summed E-state index contributed by atoms with van der Waals surface area (Å²) in [5.41, 5.74) is 0.876. The fraction of sp³-hybridized carbons (Fsp3) is 0.667. The van der Waals surface area contributed by atoms with Crippen molar-refractivity contribution in [3.63, 3.8) is 0 Å². The summed E-state index contributed by atoms with van der Waals surface area (Å²) in [6, 6.07) is 5.49. The predicted molar refractivity (Wildman–Crippen MR) is 110 cm³/mol. The summed E-state index contributed by atoms with van der Waals surface area (Å²) < 4.78 is 5.76. The van der Waals surface area contributed by atoms with Crippen LogP contribution in [0.25, 0.3) is 0 Å². The van der Waals surface area contributed by atoms with Gasteiger partial charge >= 0.3 is 0 Å². The predicted octanol–water partition coefficient (Wildman–Crippen LogP) is 4.94. The van der Waals surface area contributed by atoms with E-state index in [1.807, 2.05) is 32.9 Å². The van der Waals surface area contributed by atoms with Gasteiger partial charge < -0.3 is 15.4 Å². The molecule has 1 aromatic carbocycles. The topological polar surface area (TPSA) is 50.4 Å². The van der Waals surface area contributed by atoms with E-state index in [1.54, 1.807) is 6.07 Å². The van der Waals surface area contributed by atoms with Gasteiger partial charge in [0.2, 0.25) is 0 Å². The van der Waals surface area contributed by atoms with Crippen molar-refractivity contribution in [2.24, 2.45) is 5.41 Å². The van der Waals surface area contributed by atoms with E-state index in [0.717, 1.165) is 12.0 Å². The first-order valence-corrected chi connectivity index (χ1v) is 9.52. The van der Waals surface area contributed by atoms with Crippen LogP contribution in [0.1, 0.15) is 67.4 Å². The van der Waals surface area contributed by atoms with Crippen molar-refractivity contribution < 1.29 is 9.53 Å². The molecule has 0 unspecified atom stereocenters. The van der Waals surface area contributed by atoms with Crippen LogP contribution in [0.5, 0.6) is 5.75 Å². The number of rotatable bonds is 7. The summed E-state index contributed by atoms with van der Waals surface area (Å²) in [5, 5.41) is 7.14. The molecule has 0 bridgehead atoms. The van der Waals surface area contributed by atoms with Crippen molar-refractivity contribution in [2.45, 2.75) is 79.4 Å². The van der Waals surface area contributed by atoms with Crippen molar-refractivity contribution in [3.05, 3.63) is 28.8 Å². The molecule has 4 nitrogen and oxygen atoms in total. The molecular formula is C21H35ClN2O2. The Balaban J connectivity index is 2.77. The minimum atomic E-state index is -0.276. The molecule has 5 heteroatoms. The Labute approximate surface area is 164 Å². The first kappa shape index (κ1) is 22.8. The fourth-order valence-corrected chi connectivity index (χ4v) is 3.34. The van der Waals surface area contributed by atoms with Crippen LogP contribution in [0.3, 0.4) is 0 Å². The molecule has 0 spiro atoms. The van der Waals surface area contributed by atoms with Gasteiger partial charge in [-0.2, -0.15) is 0 Å². The van der Waals surface area contributed by atoms with Gasteiger partial charge in [-0.25, -0.2) is 0 Å². The minimum absolute atomic E-state index is 0.0166. The van der Waals surface area contributed by atoms with Crippen LogP contribution in [-0.2, 0) is 11.3 Å². The van der Waals surface area contributed by atoms with Crippen LogP contribution >= 0.6 is 11.6 Å². The van der Waals surface area contributed by atoms with Crippen LogP contribution in [0.15, 0.2) is 18.2 Å². The second kappa shape index (κ2) is 8.62. The summed E-state index contributed by atoms with van der Waals surface area (Å²) in [4.78, 5) is 12.0. The molecular weight excluding hydrogens is 348 g/mol. The van der Waals surface area contributed by atoms with Gasteiger partial charge in [-0.3, -0.25) is 4.79 Å². The molecule has 1 rings (SSSR count). The Morgan fingerprint density at radius 2 is 1.69 bits per heavy atom. The molecule has 1 amide bonds. The third-order valence-electron chi connectivity index (χ3n) is 3.63. The minimum Gasteiger partial charge on any atom is -0.483 e. The number of carbonyl (C=O) groups excluding carboxylic acids is 1. The van der Waals surface area contributed by atoms with Crippen LogP contribution < -0.4 is 15.4 Å². The number of halogens is 1. The smallest absolute Gasteiger partial charge is 0.258 e. The molecule has 0 saturated heterocycles. The summed E-state index contributed by atoms with van der Waals surface area (Å²) in [7, 11) is 0. The highest BCUT2D eigenvalue weighted by Gasteiger charge is 2.25. The first-order valence-electron chi connectivity index (χ1n) is 9.14. The number of hydrogen-bond donors (Lipinski definition) is 2. The number of carbonyl (C=O) groups is 1. The van der Waals surface area contributed by atoms with Gasteiger partial charge in [-0.05, 0) is 64.7 Å². The van der Waals surface area contributed by atoms with Crippen molar-refractivity contribution in [1.29, 1.82) is 0 Å². The zero-order chi connectivity index (χ0) is 20.2. The Morgan fingerprint density at radius 3 is 2.23 bits per heavy atom. The van der Waals surface area contributed by atoms with E-state index in [2.05, 4.69) is 45.3 Å². The van der Waals surface area contributed by atoms with Gasteiger partial charge in [-0.15, -0.1) is 0 Å². The standard InChI is InChI=1S/C21H35ClN2O2/c1-19(2,3)14-21(7,8)23-12-15-11-16(22)9-10-17(15)26-13-18(25)24-20(4,5)6/h9-11,23H,12-14H2,1-8H3,(H,24,25). The lowest BCUT2D eigenvalue weighted by Crippen LogP contribution is -2.43. The second-order valence-electron chi connectivity index (χ2n) is 9.81. The van der Waals surface area contributed by atoms with Crippen molar-refractivity contribution in [3.8, 4) is 5.75 Å². The van der Waals surface area contributed by atoms with Crippen LogP contribution in [0.2, 0.25) is 5.02 Å². The molecule has 0 aliphatic rings. The van der Waals surface area contributed by atoms with Gasteiger partial charge in [0.1, 0.15) is 5.75 Å². The average Bonchev–Trinajstić information content (AvgIpc) is 2.39. The van der Waals surface area contributed by atoms with Gasteiger partial charge in [0.25, 0.3) is 5.91 Å². The monoisotopic (exact) mass is 382 g/mol. The molecule has 0 aliphatic carbocycles. The van der Waals surface area contributed by atoms with Gasteiger partial charge in [0, 0.05) is 28.2 Å². The Kier molecular flexibility index (Phi) is 7.55. The number of benzene rings is 1. The zero-order valence-electron chi connectivity index (χ0n) is 17.5. The molecule has 1 aromatic rings. The maximum absolute atomic E-state index is 12.0. The summed E-state index contributed by atoms with van der Waals surface area (Å²) in [5.74, 6) is 0.539. The lowest BCUT2D eigenvalue weighted by Gasteiger charge is -2.33.